The number of hydrogen-bond acceptors (Lipinski definition) is 8. The molecular weight excluding hydrogens is 589 g/mol. The molecule has 4 heterocycles. The van der Waals surface area contributed by atoms with Crippen LogP contribution in [0.15, 0.2) is 22.0 Å². The molecule has 0 N–H and O–H groups in total. The van der Waals surface area contributed by atoms with E-state index in [0.29, 0.717) is 17.8 Å². The summed E-state index contributed by atoms with van der Waals surface area (Å²) in [5.41, 5.74) is 0.0742. The van der Waals surface area contributed by atoms with Crippen LogP contribution in [0.3, 0.4) is 0 Å². The third kappa shape index (κ3) is 8.08. The van der Waals surface area contributed by atoms with E-state index in [2.05, 4.69) is 42.7 Å². The van der Waals surface area contributed by atoms with Crippen molar-refractivity contribution in [3.05, 3.63) is 22.0 Å². The van der Waals surface area contributed by atoms with Gasteiger partial charge in [-0.3, -0.25) is 0 Å². The molecule has 0 radical (unpaired) electrons. The second-order valence-corrected chi connectivity index (χ2v) is 15.4. The highest BCUT2D eigenvalue weighted by Crippen LogP contribution is 2.42. The van der Waals surface area contributed by atoms with Crippen LogP contribution in [0.2, 0.25) is 0 Å². The lowest BCUT2D eigenvalue weighted by Crippen LogP contribution is -2.46. The van der Waals surface area contributed by atoms with Crippen molar-refractivity contribution in [2.24, 2.45) is 23.2 Å². The summed E-state index contributed by atoms with van der Waals surface area (Å²) in [5, 5.41) is 0. The molecule has 10 heteroatoms. The first-order chi connectivity index (χ1) is 18.2. The molecule has 0 aromatic heterocycles. The van der Waals surface area contributed by atoms with E-state index in [4.69, 9.17) is 58.3 Å². The van der Waals surface area contributed by atoms with Gasteiger partial charge >= 0.3 is 0 Å². The summed E-state index contributed by atoms with van der Waals surface area (Å²) in [5.74, 6) is 3.58. The van der Waals surface area contributed by atoms with E-state index in [0.717, 1.165) is 103 Å². The fourth-order valence-corrected chi connectivity index (χ4v) is 9.45. The zero-order valence-corrected chi connectivity index (χ0v) is 27.6. The number of fused-ring (bicyclic) bond motifs is 2. The normalized spacial score (nSPS) is 24.5. The SMILES string of the molecule is CC(CCOCCCOCCC(C)(C)CN1C(=S)C=C2SCCC2C1=S)CN1C(=S)C=C2SCCC2C1=S. The Morgan fingerprint density at radius 3 is 2.05 bits per heavy atom. The van der Waals surface area contributed by atoms with E-state index in [1.54, 1.807) is 0 Å². The first kappa shape index (κ1) is 31.0. The molecule has 4 aliphatic rings. The molecule has 0 aliphatic carbocycles. The first-order valence-corrected chi connectivity index (χ1v) is 17.3. The smallest absolute Gasteiger partial charge is 0.107 e. The summed E-state index contributed by atoms with van der Waals surface area (Å²) < 4.78 is 11.8. The number of hydrogen-bond donors (Lipinski definition) is 0. The van der Waals surface area contributed by atoms with Gasteiger partial charge in [-0.15, -0.1) is 23.5 Å². The molecule has 0 aromatic rings. The molecule has 2 saturated heterocycles. The summed E-state index contributed by atoms with van der Waals surface area (Å²) in [4.78, 5) is 10.9. The van der Waals surface area contributed by atoms with E-state index in [-0.39, 0.29) is 5.41 Å². The van der Waals surface area contributed by atoms with Crippen molar-refractivity contribution >= 4 is 92.3 Å². The number of thioether (sulfide) groups is 2. The maximum atomic E-state index is 5.95. The number of thiocarbonyl (C=S) groups is 4. The summed E-state index contributed by atoms with van der Waals surface area (Å²) in [6, 6.07) is 0. The summed E-state index contributed by atoms with van der Waals surface area (Å²) >= 11 is 26.7. The average Bonchev–Trinajstić information content (AvgIpc) is 3.53. The molecule has 0 spiro atoms. The van der Waals surface area contributed by atoms with E-state index in [1.165, 1.54) is 9.81 Å². The Morgan fingerprint density at radius 1 is 0.868 bits per heavy atom. The fraction of sp³-hybridized carbons (Fsp3) is 0.714. The van der Waals surface area contributed by atoms with Crippen molar-refractivity contribution < 1.29 is 9.47 Å². The second kappa shape index (κ2) is 14.3. The van der Waals surface area contributed by atoms with Crippen LogP contribution < -0.4 is 0 Å². The Hall–Kier alpha value is 0.0600. The van der Waals surface area contributed by atoms with Crippen LogP contribution in [0.25, 0.3) is 0 Å². The van der Waals surface area contributed by atoms with E-state index in [9.17, 15) is 0 Å². The fourth-order valence-electron chi connectivity index (χ4n) is 5.19. The molecule has 3 atom stereocenters. The molecule has 0 amide bonds. The molecule has 0 aromatic carbocycles. The predicted molar refractivity (Wildman–Crippen MR) is 180 cm³/mol. The summed E-state index contributed by atoms with van der Waals surface area (Å²) in [6.45, 7) is 11.5. The second-order valence-electron chi connectivity index (χ2n) is 11.4. The van der Waals surface area contributed by atoms with Crippen LogP contribution in [0.5, 0.6) is 0 Å². The van der Waals surface area contributed by atoms with Gasteiger partial charge in [0.15, 0.2) is 0 Å². The Morgan fingerprint density at radius 2 is 1.42 bits per heavy atom. The molecule has 38 heavy (non-hydrogen) atoms. The lowest BCUT2D eigenvalue weighted by atomic mass is 9.88. The molecule has 3 unspecified atom stereocenters. The van der Waals surface area contributed by atoms with Crippen molar-refractivity contribution in [2.75, 3.05) is 51.0 Å². The number of rotatable bonds is 14. The average molecular weight is 629 g/mol. The first-order valence-electron chi connectivity index (χ1n) is 13.7. The van der Waals surface area contributed by atoms with Gasteiger partial charge in [-0.25, -0.2) is 0 Å². The van der Waals surface area contributed by atoms with Gasteiger partial charge in [-0.2, -0.15) is 0 Å². The largest absolute Gasteiger partial charge is 0.381 e. The molecule has 0 bridgehead atoms. The quantitative estimate of drug-likeness (QED) is 0.147. The van der Waals surface area contributed by atoms with Crippen molar-refractivity contribution in [3.8, 4) is 0 Å². The summed E-state index contributed by atoms with van der Waals surface area (Å²) in [6.07, 6.45) is 9.50. The maximum absolute atomic E-state index is 5.95. The Labute approximate surface area is 259 Å². The number of nitrogens with zero attached hydrogens (tertiary/aromatic N) is 2. The minimum Gasteiger partial charge on any atom is -0.381 e. The van der Waals surface area contributed by atoms with Gasteiger partial charge in [-0.05, 0) is 76.9 Å². The van der Waals surface area contributed by atoms with Crippen LogP contribution in [0.1, 0.15) is 52.9 Å². The molecule has 4 rings (SSSR count). The molecule has 4 aliphatic heterocycles. The standard InChI is InChI=1S/C28H40N2O2S6/c1-19(17-29-24(33)15-22-20(26(29)35)6-13-37-22)5-11-31-9-4-10-32-12-8-28(2,3)18-30-25(34)16-23-21(27(30)36)7-14-38-23/h15-16,19-21H,4-14,17-18H2,1-3H3. The Kier molecular flexibility index (Phi) is 11.7. The lowest BCUT2D eigenvalue weighted by molar-refractivity contribution is 0.0648. The molecule has 210 valence electrons. The van der Waals surface area contributed by atoms with E-state index in [1.807, 2.05) is 23.5 Å². The van der Waals surface area contributed by atoms with Crippen molar-refractivity contribution in [3.63, 3.8) is 0 Å². The highest BCUT2D eigenvalue weighted by molar-refractivity contribution is 8.03. The van der Waals surface area contributed by atoms with Crippen LogP contribution in [0.4, 0.5) is 0 Å². The van der Waals surface area contributed by atoms with Gasteiger partial charge in [0, 0.05) is 51.4 Å². The molecule has 4 nitrogen and oxygen atoms in total. The third-order valence-electron chi connectivity index (χ3n) is 7.57. The zero-order chi connectivity index (χ0) is 27.3. The van der Waals surface area contributed by atoms with Crippen LogP contribution >= 0.6 is 72.4 Å². The molecule has 0 saturated carbocycles. The van der Waals surface area contributed by atoms with Gasteiger partial charge in [0.1, 0.15) is 9.98 Å². The van der Waals surface area contributed by atoms with Gasteiger partial charge in [-0.1, -0.05) is 69.6 Å². The van der Waals surface area contributed by atoms with Crippen molar-refractivity contribution in [2.45, 2.75) is 52.9 Å². The molecular formula is C28H40N2O2S6. The van der Waals surface area contributed by atoms with Gasteiger partial charge in [0.05, 0.1) is 9.98 Å². The Balaban J connectivity index is 1.04. The van der Waals surface area contributed by atoms with Crippen molar-refractivity contribution in [1.29, 1.82) is 0 Å². The highest BCUT2D eigenvalue weighted by atomic mass is 32.2. The maximum Gasteiger partial charge on any atom is 0.107 e. The monoisotopic (exact) mass is 628 g/mol. The van der Waals surface area contributed by atoms with Gasteiger partial charge in [0.2, 0.25) is 0 Å². The van der Waals surface area contributed by atoms with E-state index >= 15 is 0 Å². The highest BCUT2D eigenvalue weighted by Gasteiger charge is 2.37. The third-order valence-corrected chi connectivity index (χ3v) is 11.6. The topological polar surface area (TPSA) is 24.9 Å². The summed E-state index contributed by atoms with van der Waals surface area (Å²) in [7, 11) is 0. The zero-order valence-electron chi connectivity index (χ0n) is 22.7. The van der Waals surface area contributed by atoms with Crippen molar-refractivity contribution in [1.82, 2.24) is 9.80 Å². The van der Waals surface area contributed by atoms with Gasteiger partial charge in [0.25, 0.3) is 0 Å². The minimum absolute atomic E-state index is 0.0742. The predicted octanol–water partition coefficient (Wildman–Crippen LogP) is 7.07. The van der Waals surface area contributed by atoms with Crippen LogP contribution in [0, 0.1) is 23.2 Å². The number of ether oxygens (including phenoxy) is 2. The minimum atomic E-state index is 0.0742. The van der Waals surface area contributed by atoms with Crippen LogP contribution in [-0.2, 0) is 9.47 Å². The molecule has 2 fully saturated rings. The van der Waals surface area contributed by atoms with E-state index < -0.39 is 0 Å². The van der Waals surface area contributed by atoms with Crippen LogP contribution in [-0.4, -0.2) is 80.8 Å². The Bertz CT molecular complexity index is 994. The lowest BCUT2D eigenvalue weighted by Gasteiger charge is -2.38. The van der Waals surface area contributed by atoms with Gasteiger partial charge < -0.3 is 19.3 Å².